The molecule has 21 heavy (non-hydrogen) atoms. The summed E-state index contributed by atoms with van der Waals surface area (Å²) in [5.74, 6) is 0.997. The van der Waals surface area contributed by atoms with Crippen LogP contribution in [0.1, 0.15) is 30.9 Å². The van der Waals surface area contributed by atoms with Gasteiger partial charge in [0.2, 0.25) is 0 Å². The van der Waals surface area contributed by atoms with E-state index < -0.39 is 0 Å². The quantitative estimate of drug-likeness (QED) is 0.521. The van der Waals surface area contributed by atoms with Gasteiger partial charge >= 0.3 is 0 Å². The van der Waals surface area contributed by atoms with Crippen molar-refractivity contribution in [2.75, 3.05) is 6.61 Å². The standard InChI is InChI=1S/C19H25BO/c1-4-5-12-21-19-11-6-15(2)13-18(19)17-9-7-16(8-10-17)14-20-3/h6-11,13,20H,4-5,12,14H2,1-3H3. The van der Waals surface area contributed by atoms with E-state index in [0.717, 1.165) is 31.5 Å². The number of aryl methyl sites for hydroxylation is 1. The van der Waals surface area contributed by atoms with Crippen molar-refractivity contribution in [2.45, 2.75) is 39.8 Å². The fourth-order valence-corrected chi connectivity index (χ4v) is 2.46. The third-order valence-corrected chi connectivity index (χ3v) is 3.69. The first-order valence-electron chi connectivity index (χ1n) is 8.07. The molecule has 0 amide bonds. The normalized spacial score (nSPS) is 10.4. The van der Waals surface area contributed by atoms with Crippen LogP contribution in [-0.4, -0.2) is 13.9 Å². The second-order valence-electron chi connectivity index (χ2n) is 5.65. The molecule has 0 spiro atoms. The van der Waals surface area contributed by atoms with Gasteiger partial charge in [0.05, 0.1) is 6.61 Å². The summed E-state index contributed by atoms with van der Waals surface area (Å²) in [6, 6.07) is 15.3. The average Bonchev–Trinajstić information content (AvgIpc) is 2.50. The molecule has 0 radical (unpaired) electrons. The van der Waals surface area contributed by atoms with Crippen molar-refractivity contribution in [3.63, 3.8) is 0 Å². The zero-order chi connectivity index (χ0) is 15.1. The Labute approximate surface area is 129 Å². The molecule has 0 saturated carbocycles. The number of ether oxygens (including phenoxy) is 1. The molecule has 0 bridgehead atoms. The van der Waals surface area contributed by atoms with Crippen LogP contribution in [0.4, 0.5) is 0 Å². The molecule has 0 saturated heterocycles. The summed E-state index contributed by atoms with van der Waals surface area (Å²) in [7, 11) is 1.19. The lowest BCUT2D eigenvalue weighted by Crippen LogP contribution is -1.98. The van der Waals surface area contributed by atoms with E-state index in [-0.39, 0.29) is 0 Å². The Morgan fingerprint density at radius 2 is 1.81 bits per heavy atom. The summed E-state index contributed by atoms with van der Waals surface area (Å²) in [5.41, 5.74) is 5.12. The smallest absolute Gasteiger partial charge is 0.127 e. The van der Waals surface area contributed by atoms with Crippen LogP contribution in [0.2, 0.25) is 6.82 Å². The molecule has 0 atom stereocenters. The molecular formula is C19H25BO. The molecule has 2 rings (SSSR count). The van der Waals surface area contributed by atoms with Gasteiger partial charge in [-0.15, -0.1) is 0 Å². The summed E-state index contributed by atoms with van der Waals surface area (Å²) in [6.45, 7) is 7.32. The lowest BCUT2D eigenvalue weighted by atomic mass is 9.75. The molecule has 110 valence electrons. The first-order chi connectivity index (χ1) is 10.2. The molecule has 0 aliphatic heterocycles. The van der Waals surface area contributed by atoms with Gasteiger partial charge in [0.1, 0.15) is 13.0 Å². The molecule has 0 aliphatic carbocycles. The minimum atomic E-state index is 0.792. The van der Waals surface area contributed by atoms with Crippen molar-refractivity contribution in [3.8, 4) is 16.9 Å². The highest BCUT2D eigenvalue weighted by atomic mass is 16.5. The zero-order valence-electron chi connectivity index (χ0n) is 13.5. The number of hydrogen-bond acceptors (Lipinski definition) is 1. The molecule has 0 aromatic heterocycles. The molecular weight excluding hydrogens is 255 g/mol. The number of benzene rings is 2. The van der Waals surface area contributed by atoms with Crippen molar-refractivity contribution >= 4 is 7.28 Å². The van der Waals surface area contributed by atoms with Crippen LogP contribution in [0.25, 0.3) is 11.1 Å². The van der Waals surface area contributed by atoms with Crippen molar-refractivity contribution in [2.24, 2.45) is 0 Å². The number of rotatable bonds is 7. The predicted octanol–water partition coefficient (Wildman–Crippen LogP) is 4.83. The minimum absolute atomic E-state index is 0.792. The molecule has 0 N–H and O–H groups in total. The molecule has 2 heteroatoms. The number of hydrogen-bond donors (Lipinski definition) is 0. The molecule has 2 aromatic rings. The third kappa shape index (κ3) is 4.39. The van der Waals surface area contributed by atoms with Gasteiger partial charge in [0, 0.05) is 5.56 Å². The molecule has 0 heterocycles. The second-order valence-corrected chi connectivity index (χ2v) is 5.65. The van der Waals surface area contributed by atoms with Gasteiger partial charge in [0.25, 0.3) is 0 Å². The van der Waals surface area contributed by atoms with E-state index in [9.17, 15) is 0 Å². The van der Waals surface area contributed by atoms with Crippen LogP contribution >= 0.6 is 0 Å². The van der Waals surface area contributed by atoms with Crippen LogP contribution in [0.3, 0.4) is 0 Å². The summed E-state index contributed by atoms with van der Waals surface area (Å²) >= 11 is 0. The largest absolute Gasteiger partial charge is 0.493 e. The summed E-state index contributed by atoms with van der Waals surface area (Å²) in [5, 5.41) is 0. The lowest BCUT2D eigenvalue weighted by Gasteiger charge is -2.13. The fourth-order valence-electron chi connectivity index (χ4n) is 2.46. The van der Waals surface area contributed by atoms with Crippen molar-refractivity contribution < 1.29 is 4.74 Å². The molecule has 0 unspecified atom stereocenters. The Balaban J connectivity index is 2.25. The molecule has 1 nitrogen and oxygen atoms in total. The molecule has 0 fully saturated rings. The van der Waals surface area contributed by atoms with Gasteiger partial charge in [-0.2, -0.15) is 0 Å². The van der Waals surface area contributed by atoms with E-state index in [2.05, 4.69) is 63.1 Å². The Morgan fingerprint density at radius 3 is 2.48 bits per heavy atom. The average molecular weight is 280 g/mol. The van der Waals surface area contributed by atoms with E-state index in [4.69, 9.17) is 4.74 Å². The Hall–Kier alpha value is -1.70. The van der Waals surface area contributed by atoms with Crippen LogP contribution in [0.5, 0.6) is 5.75 Å². The van der Waals surface area contributed by atoms with Gasteiger partial charge in [-0.25, -0.2) is 0 Å². The zero-order valence-corrected chi connectivity index (χ0v) is 13.5. The first-order valence-corrected chi connectivity index (χ1v) is 8.07. The first kappa shape index (κ1) is 15.7. The Bertz CT molecular complexity index is 560. The van der Waals surface area contributed by atoms with E-state index >= 15 is 0 Å². The molecule has 0 aliphatic rings. The van der Waals surface area contributed by atoms with Crippen LogP contribution in [0, 0.1) is 6.92 Å². The maximum atomic E-state index is 5.96. The van der Waals surface area contributed by atoms with Crippen LogP contribution < -0.4 is 4.74 Å². The van der Waals surface area contributed by atoms with E-state index in [0.29, 0.717) is 0 Å². The lowest BCUT2D eigenvalue weighted by molar-refractivity contribution is 0.310. The topological polar surface area (TPSA) is 9.23 Å². The summed E-state index contributed by atoms with van der Waals surface area (Å²) in [4.78, 5) is 0. The summed E-state index contributed by atoms with van der Waals surface area (Å²) in [6.07, 6.45) is 3.41. The highest BCUT2D eigenvalue weighted by Gasteiger charge is 2.07. The van der Waals surface area contributed by atoms with Gasteiger partial charge in [-0.3, -0.25) is 0 Å². The summed E-state index contributed by atoms with van der Waals surface area (Å²) < 4.78 is 5.96. The third-order valence-electron chi connectivity index (χ3n) is 3.69. The minimum Gasteiger partial charge on any atom is -0.493 e. The van der Waals surface area contributed by atoms with Gasteiger partial charge < -0.3 is 4.74 Å². The maximum Gasteiger partial charge on any atom is 0.127 e. The highest BCUT2D eigenvalue weighted by Crippen LogP contribution is 2.31. The van der Waals surface area contributed by atoms with Crippen LogP contribution in [-0.2, 0) is 6.32 Å². The number of unbranched alkanes of at least 4 members (excludes halogenated alkanes) is 1. The van der Waals surface area contributed by atoms with Crippen molar-refractivity contribution in [1.29, 1.82) is 0 Å². The van der Waals surface area contributed by atoms with E-state index in [1.54, 1.807) is 0 Å². The van der Waals surface area contributed by atoms with E-state index in [1.165, 1.54) is 29.5 Å². The van der Waals surface area contributed by atoms with Crippen molar-refractivity contribution in [1.82, 2.24) is 0 Å². The monoisotopic (exact) mass is 280 g/mol. The van der Waals surface area contributed by atoms with E-state index in [1.807, 2.05) is 0 Å². The highest BCUT2D eigenvalue weighted by molar-refractivity contribution is 6.32. The Morgan fingerprint density at radius 1 is 1.05 bits per heavy atom. The van der Waals surface area contributed by atoms with Gasteiger partial charge in [-0.05, 0) is 31.0 Å². The maximum absolute atomic E-state index is 5.96. The molecule has 2 aromatic carbocycles. The van der Waals surface area contributed by atoms with Crippen LogP contribution in [0.15, 0.2) is 42.5 Å². The predicted molar refractivity (Wildman–Crippen MR) is 93.7 cm³/mol. The second kappa shape index (κ2) is 7.92. The van der Waals surface area contributed by atoms with Gasteiger partial charge in [0.15, 0.2) is 0 Å². The fraction of sp³-hybridized carbons (Fsp3) is 0.368. The Kier molecular flexibility index (Phi) is 5.92. The SMILES string of the molecule is CBCc1ccc(-c2cc(C)ccc2OCCCC)cc1. The van der Waals surface area contributed by atoms with Crippen molar-refractivity contribution in [3.05, 3.63) is 53.6 Å². The van der Waals surface area contributed by atoms with Gasteiger partial charge in [-0.1, -0.05) is 67.9 Å².